The molecule has 0 spiro atoms. The Labute approximate surface area is 152 Å². The molecule has 0 N–H and O–H groups in total. The molecular weight excluding hydrogens is 322 g/mol. The number of nitrogens with zero attached hydrogens (tertiary/aromatic N) is 1. The van der Waals surface area contributed by atoms with Crippen LogP contribution in [0.25, 0.3) is 32.8 Å². The number of pyridine rings is 1. The topological polar surface area (TPSA) is 12.9 Å². The first kappa shape index (κ1) is 15.8. The minimum atomic E-state index is 1.03. The lowest BCUT2D eigenvalue weighted by molar-refractivity contribution is 1.34. The molecule has 2 heteroatoms. The summed E-state index contributed by atoms with van der Waals surface area (Å²) < 4.78 is 0. The molecule has 4 rings (SSSR count). The van der Waals surface area contributed by atoms with Crippen molar-refractivity contribution >= 4 is 11.3 Å². The van der Waals surface area contributed by atoms with Crippen LogP contribution in [0.1, 0.15) is 11.1 Å². The zero-order valence-electron chi connectivity index (χ0n) is 14.4. The third-order valence-electron chi connectivity index (χ3n) is 4.39. The van der Waals surface area contributed by atoms with E-state index >= 15 is 0 Å². The molecule has 2 heterocycles. The van der Waals surface area contributed by atoms with Gasteiger partial charge in [0.15, 0.2) is 0 Å². The second-order valence-electron chi connectivity index (χ2n) is 6.30. The van der Waals surface area contributed by atoms with Gasteiger partial charge < -0.3 is 0 Å². The van der Waals surface area contributed by atoms with Crippen LogP contribution >= 0.6 is 11.3 Å². The molecule has 0 atom stereocenters. The Kier molecular flexibility index (Phi) is 4.21. The molecule has 0 unspecified atom stereocenters. The second-order valence-corrected chi connectivity index (χ2v) is 7.18. The van der Waals surface area contributed by atoms with Gasteiger partial charge in [-0.15, -0.1) is 11.3 Å². The fourth-order valence-corrected chi connectivity index (χ4v) is 4.07. The van der Waals surface area contributed by atoms with Gasteiger partial charge in [0.25, 0.3) is 0 Å². The van der Waals surface area contributed by atoms with E-state index < -0.39 is 0 Å². The Balaban J connectivity index is 1.94. The highest BCUT2D eigenvalue weighted by Crippen LogP contribution is 2.44. The molecule has 1 nitrogen and oxygen atoms in total. The van der Waals surface area contributed by atoms with Crippen LogP contribution in [0.5, 0.6) is 0 Å². The maximum Gasteiger partial charge on any atom is 0.0808 e. The van der Waals surface area contributed by atoms with Gasteiger partial charge in [0, 0.05) is 17.3 Å². The van der Waals surface area contributed by atoms with Gasteiger partial charge in [0.2, 0.25) is 0 Å². The van der Waals surface area contributed by atoms with Gasteiger partial charge in [0.05, 0.1) is 10.6 Å². The smallest absolute Gasteiger partial charge is 0.0808 e. The molecule has 2 aromatic carbocycles. The lowest BCUT2D eigenvalue weighted by atomic mass is 9.95. The van der Waals surface area contributed by atoms with E-state index in [1.807, 2.05) is 18.3 Å². The van der Waals surface area contributed by atoms with Crippen LogP contribution in [-0.4, -0.2) is 4.98 Å². The molecule has 122 valence electrons. The van der Waals surface area contributed by atoms with Gasteiger partial charge in [-0.3, -0.25) is 4.98 Å². The normalized spacial score (nSPS) is 10.8. The fraction of sp³-hybridized carbons (Fsp3) is 0.0870. The molecular formula is C23H19NS. The van der Waals surface area contributed by atoms with Crippen molar-refractivity contribution in [2.75, 3.05) is 0 Å². The van der Waals surface area contributed by atoms with E-state index in [-0.39, 0.29) is 0 Å². The zero-order chi connectivity index (χ0) is 17.2. The molecule has 0 saturated heterocycles. The highest BCUT2D eigenvalue weighted by atomic mass is 32.1. The van der Waals surface area contributed by atoms with Crippen molar-refractivity contribution in [2.45, 2.75) is 13.8 Å². The van der Waals surface area contributed by atoms with Crippen LogP contribution in [0.4, 0.5) is 0 Å². The number of thiophene rings is 1. The minimum Gasteiger partial charge on any atom is -0.255 e. The third-order valence-corrected chi connectivity index (χ3v) is 5.39. The summed E-state index contributed by atoms with van der Waals surface area (Å²) in [5.41, 5.74) is 8.61. The van der Waals surface area contributed by atoms with Crippen LogP contribution in [0.15, 0.2) is 78.3 Å². The van der Waals surface area contributed by atoms with Gasteiger partial charge in [-0.05, 0) is 42.5 Å². The van der Waals surface area contributed by atoms with Gasteiger partial charge in [0.1, 0.15) is 0 Å². The molecule has 25 heavy (non-hydrogen) atoms. The summed E-state index contributed by atoms with van der Waals surface area (Å²) in [6, 6.07) is 23.6. The number of aryl methyl sites for hydroxylation is 2. The van der Waals surface area contributed by atoms with Crippen molar-refractivity contribution in [1.82, 2.24) is 4.98 Å². The molecule has 0 fully saturated rings. The summed E-state index contributed by atoms with van der Waals surface area (Å²) in [4.78, 5) is 5.81. The zero-order valence-corrected chi connectivity index (χ0v) is 15.2. The van der Waals surface area contributed by atoms with E-state index in [0.29, 0.717) is 0 Å². The third kappa shape index (κ3) is 3.13. The predicted octanol–water partition coefficient (Wildman–Crippen LogP) is 6.76. The van der Waals surface area contributed by atoms with Gasteiger partial charge in [-0.1, -0.05) is 65.7 Å². The van der Waals surface area contributed by atoms with Crippen molar-refractivity contribution in [1.29, 1.82) is 0 Å². The lowest BCUT2D eigenvalue weighted by Gasteiger charge is -2.09. The van der Waals surface area contributed by atoms with Crippen molar-refractivity contribution < 1.29 is 0 Å². The van der Waals surface area contributed by atoms with Gasteiger partial charge in [-0.25, -0.2) is 0 Å². The largest absolute Gasteiger partial charge is 0.255 e. The molecule has 0 bridgehead atoms. The van der Waals surface area contributed by atoms with E-state index in [0.717, 1.165) is 5.69 Å². The number of rotatable bonds is 3. The monoisotopic (exact) mass is 341 g/mol. The average molecular weight is 341 g/mol. The van der Waals surface area contributed by atoms with Crippen molar-refractivity contribution in [3.63, 3.8) is 0 Å². The fourth-order valence-electron chi connectivity index (χ4n) is 3.00. The quantitative estimate of drug-likeness (QED) is 0.401. The first-order chi connectivity index (χ1) is 12.2. The number of hydrogen-bond donors (Lipinski definition) is 0. The molecule has 0 aliphatic heterocycles. The maximum atomic E-state index is 4.58. The van der Waals surface area contributed by atoms with E-state index in [9.17, 15) is 0 Å². The highest BCUT2D eigenvalue weighted by molar-refractivity contribution is 7.14. The molecule has 2 aromatic heterocycles. The molecule has 4 aromatic rings. The lowest BCUT2D eigenvalue weighted by Crippen LogP contribution is -1.86. The van der Waals surface area contributed by atoms with Gasteiger partial charge >= 0.3 is 0 Å². The molecule has 0 aliphatic rings. The number of aromatic nitrogens is 1. The Bertz CT molecular complexity index is 981. The summed E-state index contributed by atoms with van der Waals surface area (Å²) in [6.07, 6.45) is 1.86. The summed E-state index contributed by atoms with van der Waals surface area (Å²) >= 11 is 1.76. The van der Waals surface area contributed by atoms with Crippen LogP contribution in [0, 0.1) is 13.8 Å². The minimum absolute atomic E-state index is 1.03. The van der Waals surface area contributed by atoms with Crippen molar-refractivity contribution in [3.05, 3.63) is 89.4 Å². The van der Waals surface area contributed by atoms with Crippen LogP contribution < -0.4 is 0 Å². The average Bonchev–Trinajstić information content (AvgIpc) is 3.09. The number of hydrogen-bond acceptors (Lipinski definition) is 2. The number of benzene rings is 2. The van der Waals surface area contributed by atoms with Gasteiger partial charge in [-0.2, -0.15) is 0 Å². The Hall–Kier alpha value is -2.71. The molecule has 0 amide bonds. The Morgan fingerprint density at radius 3 is 1.96 bits per heavy atom. The summed E-state index contributed by atoms with van der Waals surface area (Å²) in [6.45, 7) is 4.25. The predicted molar refractivity (Wildman–Crippen MR) is 108 cm³/mol. The van der Waals surface area contributed by atoms with Crippen LogP contribution in [-0.2, 0) is 0 Å². The SMILES string of the molecule is Cc1ccc(-c2csc(-c3ccccn3)c2-c2ccc(C)cc2)cc1. The summed E-state index contributed by atoms with van der Waals surface area (Å²) in [7, 11) is 0. The van der Waals surface area contributed by atoms with E-state index in [2.05, 4.69) is 78.8 Å². The van der Waals surface area contributed by atoms with Crippen molar-refractivity contribution in [2.24, 2.45) is 0 Å². The van der Waals surface area contributed by atoms with Crippen molar-refractivity contribution in [3.8, 4) is 32.8 Å². The molecule has 0 saturated carbocycles. The van der Waals surface area contributed by atoms with Crippen LogP contribution in [0.3, 0.4) is 0 Å². The first-order valence-corrected chi connectivity index (χ1v) is 9.27. The van der Waals surface area contributed by atoms with E-state index in [1.165, 1.54) is 38.3 Å². The Morgan fingerprint density at radius 1 is 0.720 bits per heavy atom. The second kappa shape index (κ2) is 6.66. The first-order valence-electron chi connectivity index (χ1n) is 8.39. The summed E-state index contributed by atoms with van der Waals surface area (Å²) in [5, 5.41) is 2.25. The van der Waals surface area contributed by atoms with E-state index in [1.54, 1.807) is 11.3 Å². The summed E-state index contributed by atoms with van der Waals surface area (Å²) in [5.74, 6) is 0. The molecule has 0 aliphatic carbocycles. The maximum absolute atomic E-state index is 4.58. The Morgan fingerprint density at radius 2 is 1.36 bits per heavy atom. The highest BCUT2D eigenvalue weighted by Gasteiger charge is 2.17. The van der Waals surface area contributed by atoms with Crippen LogP contribution in [0.2, 0.25) is 0 Å². The standard InChI is InChI=1S/C23H19NS/c1-16-6-10-18(11-7-16)20-15-25-23(21-5-3-4-14-24-21)22(20)19-12-8-17(2)9-13-19/h3-15H,1-2H3. The van der Waals surface area contributed by atoms with E-state index in [4.69, 9.17) is 0 Å². The molecule has 0 radical (unpaired) electrons.